The molecule has 1 aromatic heterocycles. The summed E-state index contributed by atoms with van der Waals surface area (Å²) >= 11 is 0. The Morgan fingerprint density at radius 3 is 2.80 bits per heavy atom. The zero-order valence-corrected chi connectivity index (χ0v) is 15.5. The van der Waals surface area contributed by atoms with Gasteiger partial charge in [0.1, 0.15) is 18.4 Å². The van der Waals surface area contributed by atoms with Crippen LogP contribution in [0.25, 0.3) is 0 Å². The third-order valence-electron chi connectivity index (χ3n) is 3.53. The molecule has 0 aliphatic heterocycles. The number of ether oxygens (including phenoxy) is 2. The standard InChI is InChI=1S/C17H24N4O3.ClH/c1-18-16(14-11-20-21(2)12-14)17(22)19-10-13-5-4-6-15(9-13)24-8-7-23-3;/h4-6,9,11-12,16,18H,7-8,10H2,1-3H3,(H,19,22);1H. The van der Waals surface area contributed by atoms with Gasteiger partial charge in [0.05, 0.1) is 12.8 Å². The van der Waals surface area contributed by atoms with E-state index < -0.39 is 6.04 Å². The van der Waals surface area contributed by atoms with Crippen molar-refractivity contribution in [3.05, 3.63) is 47.8 Å². The van der Waals surface area contributed by atoms with Gasteiger partial charge in [0.2, 0.25) is 5.91 Å². The van der Waals surface area contributed by atoms with Crippen molar-refractivity contribution in [3.63, 3.8) is 0 Å². The second-order valence-electron chi connectivity index (χ2n) is 5.38. The third kappa shape index (κ3) is 6.38. The first-order valence-electron chi connectivity index (χ1n) is 7.78. The van der Waals surface area contributed by atoms with Crippen LogP contribution < -0.4 is 15.4 Å². The van der Waals surface area contributed by atoms with E-state index in [2.05, 4.69) is 15.7 Å². The van der Waals surface area contributed by atoms with Gasteiger partial charge in [0.25, 0.3) is 0 Å². The van der Waals surface area contributed by atoms with Crippen molar-refractivity contribution in [1.82, 2.24) is 20.4 Å². The summed E-state index contributed by atoms with van der Waals surface area (Å²) in [7, 11) is 5.21. The van der Waals surface area contributed by atoms with Crippen LogP contribution in [-0.2, 0) is 23.1 Å². The molecular formula is C17H25ClN4O3. The van der Waals surface area contributed by atoms with E-state index in [4.69, 9.17) is 9.47 Å². The molecule has 2 aromatic rings. The predicted molar refractivity (Wildman–Crippen MR) is 97.9 cm³/mol. The largest absolute Gasteiger partial charge is 0.491 e. The van der Waals surface area contributed by atoms with Crippen molar-refractivity contribution in [1.29, 1.82) is 0 Å². The first-order valence-corrected chi connectivity index (χ1v) is 7.78. The zero-order chi connectivity index (χ0) is 17.4. The number of nitrogens with zero attached hydrogens (tertiary/aromatic N) is 2. The predicted octanol–water partition coefficient (Wildman–Crippen LogP) is 1.44. The van der Waals surface area contributed by atoms with Crippen LogP contribution in [0.1, 0.15) is 17.2 Å². The van der Waals surface area contributed by atoms with Gasteiger partial charge in [-0.05, 0) is 24.7 Å². The number of aryl methyl sites for hydroxylation is 1. The summed E-state index contributed by atoms with van der Waals surface area (Å²) in [5, 5.41) is 10.0. The van der Waals surface area contributed by atoms with Gasteiger partial charge in [0.15, 0.2) is 0 Å². The highest BCUT2D eigenvalue weighted by atomic mass is 35.5. The average molecular weight is 369 g/mol. The van der Waals surface area contributed by atoms with Crippen LogP contribution in [0.5, 0.6) is 5.75 Å². The third-order valence-corrected chi connectivity index (χ3v) is 3.53. The van der Waals surface area contributed by atoms with E-state index >= 15 is 0 Å². The molecule has 138 valence electrons. The molecule has 8 heteroatoms. The number of methoxy groups -OCH3 is 1. The Bertz CT molecular complexity index is 663. The van der Waals surface area contributed by atoms with Gasteiger partial charge in [-0.15, -0.1) is 12.4 Å². The molecule has 2 rings (SSSR count). The minimum Gasteiger partial charge on any atom is -0.491 e. The lowest BCUT2D eigenvalue weighted by atomic mass is 10.1. The molecule has 0 radical (unpaired) electrons. The molecule has 1 aromatic carbocycles. The molecule has 0 saturated heterocycles. The van der Waals surface area contributed by atoms with Crippen molar-refractivity contribution < 1.29 is 14.3 Å². The highest BCUT2D eigenvalue weighted by Gasteiger charge is 2.19. The number of amides is 1. The number of carbonyl (C=O) groups is 1. The lowest BCUT2D eigenvalue weighted by Crippen LogP contribution is -2.35. The number of benzene rings is 1. The number of halogens is 1. The summed E-state index contributed by atoms with van der Waals surface area (Å²) in [5.41, 5.74) is 1.80. The minimum atomic E-state index is -0.431. The molecule has 1 amide bonds. The number of likely N-dealkylation sites (N-methyl/N-ethyl adjacent to an activating group) is 1. The van der Waals surface area contributed by atoms with Crippen LogP contribution in [0.4, 0.5) is 0 Å². The quantitative estimate of drug-likeness (QED) is 0.655. The Labute approximate surface area is 154 Å². The molecule has 1 heterocycles. The minimum absolute atomic E-state index is 0. The molecule has 0 fully saturated rings. The van der Waals surface area contributed by atoms with Gasteiger partial charge in [-0.2, -0.15) is 5.10 Å². The molecule has 0 saturated carbocycles. The van der Waals surface area contributed by atoms with Gasteiger partial charge in [-0.25, -0.2) is 0 Å². The SMILES string of the molecule is CNC(C(=O)NCc1cccc(OCCOC)c1)c1cnn(C)c1.Cl. The Balaban J connectivity index is 0.00000312. The van der Waals surface area contributed by atoms with E-state index in [1.807, 2.05) is 37.5 Å². The van der Waals surface area contributed by atoms with Gasteiger partial charge in [0, 0.05) is 32.5 Å². The average Bonchev–Trinajstić information content (AvgIpc) is 3.00. The van der Waals surface area contributed by atoms with Crippen molar-refractivity contribution in [2.75, 3.05) is 27.4 Å². The van der Waals surface area contributed by atoms with E-state index in [1.54, 1.807) is 25.0 Å². The molecule has 7 nitrogen and oxygen atoms in total. The summed E-state index contributed by atoms with van der Waals surface area (Å²) in [4.78, 5) is 12.4. The van der Waals surface area contributed by atoms with E-state index in [0.29, 0.717) is 19.8 Å². The lowest BCUT2D eigenvalue weighted by Gasteiger charge is -2.15. The Morgan fingerprint density at radius 1 is 1.36 bits per heavy atom. The van der Waals surface area contributed by atoms with Crippen LogP contribution >= 0.6 is 12.4 Å². The second kappa shape index (κ2) is 10.7. The van der Waals surface area contributed by atoms with E-state index in [-0.39, 0.29) is 18.3 Å². The summed E-state index contributed by atoms with van der Waals surface area (Å²) in [5.74, 6) is 0.660. The van der Waals surface area contributed by atoms with Gasteiger partial charge >= 0.3 is 0 Å². The highest BCUT2D eigenvalue weighted by Crippen LogP contribution is 2.14. The van der Waals surface area contributed by atoms with Crippen molar-refractivity contribution in [2.45, 2.75) is 12.6 Å². The van der Waals surface area contributed by atoms with E-state index in [0.717, 1.165) is 16.9 Å². The Kier molecular flexibility index (Phi) is 8.98. The number of hydrogen-bond acceptors (Lipinski definition) is 5. The maximum Gasteiger partial charge on any atom is 0.242 e. The maximum absolute atomic E-state index is 12.4. The second-order valence-corrected chi connectivity index (χ2v) is 5.38. The maximum atomic E-state index is 12.4. The monoisotopic (exact) mass is 368 g/mol. The molecule has 0 spiro atoms. The number of carbonyl (C=O) groups excluding carboxylic acids is 1. The summed E-state index contributed by atoms with van der Waals surface area (Å²) in [6.45, 7) is 1.46. The molecule has 1 atom stereocenters. The van der Waals surface area contributed by atoms with Crippen LogP contribution in [0.3, 0.4) is 0 Å². The fraction of sp³-hybridized carbons (Fsp3) is 0.412. The van der Waals surface area contributed by atoms with Gasteiger partial charge < -0.3 is 20.1 Å². The summed E-state index contributed by atoms with van der Waals surface area (Å²) < 4.78 is 12.2. The normalized spacial score (nSPS) is 11.5. The first-order chi connectivity index (χ1) is 11.6. The highest BCUT2D eigenvalue weighted by molar-refractivity contribution is 5.85. The topological polar surface area (TPSA) is 77.4 Å². The lowest BCUT2D eigenvalue weighted by molar-refractivity contribution is -0.123. The molecule has 25 heavy (non-hydrogen) atoms. The van der Waals surface area contributed by atoms with E-state index in [9.17, 15) is 4.79 Å². The van der Waals surface area contributed by atoms with E-state index in [1.165, 1.54) is 0 Å². The Morgan fingerprint density at radius 2 is 2.16 bits per heavy atom. The number of rotatable bonds is 9. The van der Waals surface area contributed by atoms with Gasteiger partial charge in [-0.1, -0.05) is 12.1 Å². The molecule has 1 unspecified atom stereocenters. The van der Waals surface area contributed by atoms with Crippen molar-refractivity contribution in [3.8, 4) is 5.75 Å². The molecular weight excluding hydrogens is 344 g/mol. The smallest absolute Gasteiger partial charge is 0.242 e. The summed E-state index contributed by atoms with van der Waals surface area (Å²) in [6.07, 6.45) is 3.51. The fourth-order valence-corrected chi connectivity index (χ4v) is 2.32. The van der Waals surface area contributed by atoms with Crippen LogP contribution in [0.2, 0.25) is 0 Å². The molecule has 0 aliphatic rings. The van der Waals surface area contributed by atoms with Crippen LogP contribution in [-0.4, -0.2) is 43.1 Å². The zero-order valence-electron chi connectivity index (χ0n) is 14.7. The van der Waals surface area contributed by atoms with Gasteiger partial charge in [-0.3, -0.25) is 9.48 Å². The molecule has 0 aliphatic carbocycles. The van der Waals surface area contributed by atoms with Crippen LogP contribution in [0.15, 0.2) is 36.7 Å². The number of aromatic nitrogens is 2. The van der Waals surface area contributed by atoms with Crippen molar-refractivity contribution in [2.24, 2.45) is 7.05 Å². The summed E-state index contributed by atoms with van der Waals surface area (Å²) in [6, 6.07) is 7.21. The Hall–Kier alpha value is -2.09. The molecule has 2 N–H and O–H groups in total. The van der Waals surface area contributed by atoms with Crippen LogP contribution in [0, 0.1) is 0 Å². The fourth-order valence-electron chi connectivity index (χ4n) is 2.32. The first kappa shape index (κ1) is 21.0. The van der Waals surface area contributed by atoms with Crippen molar-refractivity contribution >= 4 is 18.3 Å². The number of hydrogen-bond donors (Lipinski definition) is 2. The number of nitrogens with one attached hydrogen (secondary N) is 2. The molecule has 0 bridgehead atoms.